The summed E-state index contributed by atoms with van der Waals surface area (Å²) in [6.45, 7) is 5.73. The highest BCUT2D eigenvalue weighted by atomic mass is 16.5. The van der Waals surface area contributed by atoms with E-state index in [2.05, 4.69) is 22.1 Å². The molecule has 2 aromatic rings. The second-order valence-electron chi connectivity index (χ2n) is 7.68. The normalized spacial score (nSPS) is 17.3. The van der Waals surface area contributed by atoms with Gasteiger partial charge in [0.1, 0.15) is 5.75 Å². The molecule has 156 valence electrons. The average molecular weight is 406 g/mol. The smallest absolute Gasteiger partial charge is 0.253 e. The number of methoxy groups -OCH3 is 1. The largest absolute Gasteiger partial charge is 0.497 e. The lowest BCUT2D eigenvalue weighted by atomic mass is 10.1. The van der Waals surface area contributed by atoms with Gasteiger partial charge in [0.2, 0.25) is 0 Å². The van der Waals surface area contributed by atoms with Crippen LogP contribution in [0.4, 0.5) is 5.69 Å². The first-order chi connectivity index (χ1) is 14.5. The molecule has 0 unspecified atom stereocenters. The van der Waals surface area contributed by atoms with Gasteiger partial charge in [0.05, 0.1) is 19.2 Å². The molecule has 0 bridgehead atoms. The van der Waals surface area contributed by atoms with Crippen LogP contribution in [-0.2, 0) is 11.3 Å². The van der Waals surface area contributed by atoms with E-state index in [9.17, 15) is 9.59 Å². The summed E-state index contributed by atoms with van der Waals surface area (Å²) in [5, 5.41) is 5.65. The van der Waals surface area contributed by atoms with Crippen molar-refractivity contribution >= 4 is 23.2 Å². The van der Waals surface area contributed by atoms with Crippen molar-refractivity contribution in [3.05, 3.63) is 59.7 Å². The van der Waals surface area contributed by atoms with Crippen LogP contribution in [0.2, 0.25) is 0 Å². The number of hydrogen-bond acceptors (Lipinski definition) is 5. The van der Waals surface area contributed by atoms with Crippen LogP contribution in [0.3, 0.4) is 0 Å². The van der Waals surface area contributed by atoms with E-state index in [1.807, 2.05) is 24.0 Å². The van der Waals surface area contributed by atoms with E-state index >= 15 is 0 Å². The maximum atomic E-state index is 12.9. The molecule has 0 aliphatic carbocycles. The summed E-state index contributed by atoms with van der Waals surface area (Å²) in [5.74, 6) is 0.843. The van der Waals surface area contributed by atoms with E-state index in [0.717, 1.165) is 31.1 Å². The molecule has 2 aliphatic heterocycles. The zero-order valence-electron chi connectivity index (χ0n) is 17.4. The van der Waals surface area contributed by atoms with Crippen LogP contribution in [0, 0.1) is 0 Å². The first-order valence-electron chi connectivity index (χ1n) is 10.1. The summed E-state index contributed by atoms with van der Waals surface area (Å²) in [6, 6.07) is 15.2. The summed E-state index contributed by atoms with van der Waals surface area (Å²) in [6.07, 6.45) is 0.348. The van der Waals surface area contributed by atoms with Gasteiger partial charge in [0.15, 0.2) is 0 Å². The number of hydrogen-bond donors (Lipinski definition) is 0. The first-order valence-corrected chi connectivity index (χ1v) is 10.1. The molecule has 0 aromatic heterocycles. The summed E-state index contributed by atoms with van der Waals surface area (Å²) >= 11 is 0. The highest BCUT2D eigenvalue weighted by Crippen LogP contribution is 2.22. The maximum absolute atomic E-state index is 12.9. The van der Waals surface area contributed by atoms with Gasteiger partial charge in [-0.3, -0.25) is 14.5 Å². The molecular weight excluding hydrogens is 380 g/mol. The van der Waals surface area contributed by atoms with Gasteiger partial charge in [0, 0.05) is 44.0 Å². The molecule has 2 aromatic carbocycles. The van der Waals surface area contributed by atoms with Gasteiger partial charge in [-0.05, 0) is 48.9 Å². The Bertz CT molecular complexity index is 963. The molecule has 1 fully saturated rings. The fourth-order valence-corrected chi connectivity index (χ4v) is 3.82. The van der Waals surface area contributed by atoms with Crippen molar-refractivity contribution < 1.29 is 14.3 Å². The molecule has 0 saturated carbocycles. The summed E-state index contributed by atoms with van der Waals surface area (Å²) in [4.78, 5) is 29.1. The van der Waals surface area contributed by atoms with E-state index in [1.54, 1.807) is 31.4 Å². The quantitative estimate of drug-likeness (QED) is 0.766. The molecule has 7 heteroatoms. The molecule has 4 rings (SSSR count). The van der Waals surface area contributed by atoms with E-state index < -0.39 is 0 Å². The lowest BCUT2D eigenvalue weighted by Gasteiger charge is -2.34. The van der Waals surface area contributed by atoms with Crippen LogP contribution in [0.15, 0.2) is 53.6 Å². The lowest BCUT2D eigenvalue weighted by Crippen LogP contribution is -2.48. The van der Waals surface area contributed by atoms with Crippen molar-refractivity contribution in [1.29, 1.82) is 0 Å². The first kappa shape index (κ1) is 20.1. The molecule has 2 amide bonds. The highest BCUT2D eigenvalue weighted by molar-refractivity contribution is 6.12. The highest BCUT2D eigenvalue weighted by Gasteiger charge is 2.25. The van der Waals surface area contributed by atoms with Crippen LogP contribution < -0.4 is 9.75 Å². The molecule has 7 nitrogen and oxygen atoms in total. The molecule has 30 heavy (non-hydrogen) atoms. The number of carbonyl (C=O) groups excluding carboxylic acids is 2. The Labute approximate surface area is 176 Å². The van der Waals surface area contributed by atoms with Crippen LogP contribution in [-0.4, -0.2) is 60.6 Å². The van der Waals surface area contributed by atoms with E-state index in [1.165, 1.54) is 10.6 Å². The van der Waals surface area contributed by atoms with Crippen LogP contribution in [0.25, 0.3) is 0 Å². The third-order valence-electron chi connectivity index (χ3n) is 5.47. The molecule has 2 aliphatic rings. The molecule has 2 heterocycles. The van der Waals surface area contributed by atoms with Gasteiger partial charge >= 0.3 is 0 Å². The zero-order valence-corrected chi connectivity index (χ0v) is 17.4. The van der Waals surface area contributed by atoms with Gasteiger partial charge < -0.3 is 9.64 Å². The Morgan fingerprint density at radius 3 is 2.43 bits per heavy atom. The van der Waals surface area contributed by atoms with Crippen LogP contribution in [0.5, 0.6) is 5.75 Å². The van der Waals surface area contributed by atoms with Crippen molar-refractivity contribution in [2.75, 3.05) is 38.3 Å². The summed E-state index contributed by atoms with van der Waals surface area (Å²) in [7, 11) is 1.67. The van der Waals surface area contributed by atoms with E-state index in [4.69, 9.17) is 4.74 Å². The monoisotopic (exact) mass is 406 g/mol. The molecule has 0 radical (unpaired) electrons. The lowest BCUT2D eigenvalue weighted by molar-refractivity contribution is -0.116. The number of nitrogens with zero attached hydrogens (tertiary/aromatic N) is 4. The number of rotatable bonds is 5. The van der Waals surface area contributed by atoms with Gasteiger partial charge in [0.25, 0.3) is 11.8 Å². The second-order valence-corrected chi connectivity index (χ2v) is 7.68. The molecule has 1 saturated heterocycles. The van der Waals surface area contributed by atoms with Crippen molar-refractivity contribution in [2.24, 2.45) is 5.10 Å². The molecular formula is C23H26N4O3. The predicted molar refractivity (Wildman–Crippen MR) is 116 cm³/mol. The zero-order chi connectivity index (χ0) is 21.1. The maximum Gasteiger partial charge on any atom is 0.253 e. The Morgan fingerprint density at radius 2 is 1.80 bits per heavy atom. The third kappa shape index (κ3) is 4.36. The number of anilines is 1. The minimum atomic E-state index is -0.0428. The van der Waals surface area contributed by atoms with Crippen molar-refractivity contribution in [2.45, 2.75) is 19.9 Å². The standard InChI is InChI=1S/C23H26N4O3/c1-17-14-22(28)27(24-17)20-8-6-19(7-9-20)23(29)26-12-10-25(11-13-26)16-18-4-3-5-21(15-18)30-2/h3-9,15H,10-14,16H2,1-2H3. The Balaban J connectivity index is 1.33. The van der Waals surface area contributed by atoms with Crippen LogP contribution in [0.1, 0.15) is 29.3 Å². The van der Waals surface area contributed by atoms with Crippen LogP contribution >= 0.6 is 0 Å². The number of ether oxygens (including phenoxy) is 1. The number of benzene rings is 2. The average Bonchev–Trinajstić information content (AvgIpc) is 3.12. The number of piperazine rings is 1. The van der Waals surface area contributed by atoms with E-state index in [0.29, 0.717) is 30.8 Å². The fraction of sp³-hybridized carbons (Fsp3) is 0.348. The van der Waals surface area contributed by atoms with Crippen molar-refractivity contribution in [3.8, 4) is 5.75 Å². The minimum Gasteiger partial charge on any atom is -0.497 e. The van der Waals surface area contributed by atoms with Gasteiger partial charge in [-0.2, -0.15) is 5.10 Å². The molecule has 0 spiro atoms. The SMILES string of the molecule is COc1cccc(CN2CCN(C(=O)c3ccc(N4N=C(C)CC4=O)cc3)CC2)c1. The van der Waals surface area contributed by atoms with Gasteiger partial charge in [-0.15, -0.1) is 0 Å². The summed E-state index contributed by atoms with van der Waals surface area (Å²) < 4.78 is 5.29. The van der Waals surface area contributed by atoms with Gasteiger partial charge in [-0.1, -0.05) is 12.1 Å². The second kappa shape index (κ2) is 8.67. The van der Waals surface area contributed by atoms with Crippen molar-refractivity contribution in [3.63, 3.8) is 0 Å². The molecule has 0 atom stereocenters. The fourth-order valence-electron chi connectivity index (χ4n) is 3.82. The van der Waals surface area contributed by atoms with E-state index in [-0.39, 0.29) is 11.8 Å². The number of amides is 2. The molecule has 0 N–H and O–H groups in total. The van der Waals surface area contributed by atoms with Crippen molar-refractivity contribution in [1.82, 2.24) is 9.80 Å². The summed E-state index contributed by atoms with van der Waals surface area (Å²) in [5.41, 5.74) is 3.33. The third-order valence-corrected chi connectivity index (χ3v) is 5.47. The van der Waals surface area contributed by atoms with Gasteiger partial charge in [-0.25, -0.2) is 5.01 Å². The minimum absolute atomic E-state index is 0.0232. The Kier molecular flexibility index (Phi) is 5.81. The number of hydrazone groups is 1. The predicted octanol–water partition coefficient (Wildman–Crippen LogP) is 2.77. The number of carbonyl (C=O) groups is 2. The topological polar surface area (TPSA) is 65.5 Å². The Hall–Kier alpha value is -3.19. The Morgan fingerprint density at radius 1 is 1.07 bits per heavy atom.